The number of nitrogens with two attached hydrogens (primary N) is 1. The van der Waals surface area contributed by atoms with Gasteiger partial charge >= 0.3 is 6.01 Å². The normalized spacial score (nSPS) is 10.4. The maximum absolute atomic E-state index is 5.45. The van der Waals surface area contributed by atoms with E-state index in [0.29, 0.717) is 32.4 Å². The van der Waals surface area contributed by atoms with E-state index in [-0.39, 0.29) is 12.0 Å². The van der Waals surface area contributed by atoms with Gasteiger partial charge in [0.15, 0.2) is 0 Å². The Morgan fingerprint density at radius 2 is 1.90 bits per heavy atom. The summed E-state index contributed by atoms with van der Waals surface area (Å²) < 4.78 is 15.6. The zero-order valence-corrected chi connectivity index (χ0v) is 12.1. The molecule has 9 nitrogen and oxygen atoms in total. The Morgan fingerprint density at radius 3 is 2.55 bits per heavy atom. The van der Waals surface area contributed by atoms with Crippen LogP contribution in [0.2, 0.25) is 0 Å². The third-order valence-corrected chi connectivity index (χ3v) is 2.23. The van der Waals surface area contributed by atoms with Crippen molar-refractivity contribution < 1.29 is 14.2 Å². The molecule has 1 rings (SSSR count). The number of rotatable bonds is 10. The zero-order chi connectivity index (χ0) is 14.8. The molecule has 0 aromatic carbocycles. The van der Waals surface area contributed by atoms with Gasteiger partial charge in [-0.3, -0.25) is 5.43 Å². The second-order valence-corrected chi connectivity index (χ2v) is 4.09. The molecule has 0 atom stereocenters. The van der Waals surface area contributed by atoms with Crippen molar-refractivity contribution in [1.82, 2.24) is 15.0 Å². The summed E-state index contributed by atoms with van der Waals surface area (Å²) in [6.45, 7) is 2.21. The topological polar surface area (TPSA) is 108 Å². The zero-order valence-electron chi connectivity index (χ0n) is 12.1. The first kappa shape index (κ1) is 16.3. The fourth-order valence-electron chi connectivity index (χ4n) is 1.24. The lowest BCUT2D eigenvalue weighted by atomic mass is 10.5. The number of hydrogen-bond donors (Lipinski definition) is 2. The molecule has 0 spiro atoms. The quantitative estimate of drug-likeness (QED) is 0.339. The van der Waals surface area contributed by atoms with Gasteiger partial charge in [-0.1, -0.05) is 0 Å². The summed E-state index contributed by atoms with van der Waals surface area (Å²) in [6, 6.07) is 0.230. The molecule has 0 saturated heterocycles. The number of methoxy groups -OCH3 is 1. The van der Waals surface area contributed by atoms with Crippen LogP contribution in [0.5, 0.6) is 6.01 Å². The summed E-state index contributed by atoms with van der Waals surface area (Å²) in [4.78, 5) is 14.0. The second kappa shape index (κ2) is 9.23. The van der Waals surface area contributed by atoms with E-state index in [2.05, 4.69) is 20.4 Å². The minimum Gasteiger partial charge on any atom is -0.463 e. The van der Waals surface area contributed by atoms with Crippen molar-refractivity contribution in [2.45, 2.75) is 6.42 Å². The Hall–Kier alpha value is -1.71. The molecule has 1 aromatic heterocycles. The minimum absolute atomic E-state index is 0.230. The average Bonchev–Trinajstić information content (AvgIpc) is 2.46. The van der Waals surface area contributed by atoms with Crippen LogP contribution in [0.15, 0.2) is 0 Å². The molecule has 0 aliphatic rings. The highest BCUT2D eigenvalue weighted by Gasteiger charge is 2.08. The van der Waals surface area contributed by atoms with Crippen LogP contribution >= 0.6 is 0 Å². The van der Waals surface area contributed by atoms with E-state index in [1.807, 2.05) is 14.1 Å². The molecule has 3 N–H and O–H groups in total. The van der Waals surface area contributed by atoms with E-state index in [4.69, 9.17) is 20.1 Å². The first-order chi connectivity index (χ1) is 9.67. The Balaban J connectivity index is 2.37. The number of nitrogens with one attached hydrogen (secondary N) is 1. The number of anilines is 2. The molecule has 0 saturated carbocycles. The molecule has 0 unspecified atom stereocenters. The van der Waals surface area contributed by atoms with E-state index in [0.717, 1.165) is 6.42 Å². The van der Waals surface area contributed by atoms with Crippen molar-refractivity contribution in [3.05, 3.63) is 0 Å². The van der Waals surface area contributed by atoms with E-state index in [1.165, 1.54) is 0 Å². The number of hydrogen-bond acceptors (Lipinski definition) is 9. The van der Waals surface area contributed by atoms with Gasteiger partial charge in [-0.05, 0) is 0 Å². The van der Waals surface area contributed by atoms with Crippen molar-refractivity contribution >= 4 is 11.9 Å². The summed E-state index contributed by atoms with van der Waals surface area (Å²) in [7, 11) is 5.28. The van der Waals surface area contributed by atoms with Crippen LogP contribution in [-0.4, -0.2) is 62.6 Å². The van der Waals surface area contributed by atoms with Crippen molar-refractivity contribution in [3.8, 4) is 6.01 Å². The highest BCUT2D eigenvalue weighted by atomic mass is 16.5. The number of aromatic nitrogens is 3. The van der Waals surface area contributed by atoms with E-state index in [9.17, 15) is 0 Å². The lowest BCUT2D eigenvalue weighted by Gasteiger charge is -2.12. The molecule has 20 heavy (non-hydrogen) atoms. The van der Waals surface area contributed by atoms with Crippen LogP contribution in [0.3, 0.4) is 0 Å². The molecule has 1 aromatic rings. The predicted octanol–water partition coefficient (Wildman–Crippen LogP) is -0.345. The van der Waals surface area contributed by atoms with Gasteiger partial charge in [-0.15, -0.1) is 0 Å². The number of nitrogens with zero attached hydrogens (tertiary/aromatic N) is 4. The van der Waals surface area contributed by atoms with Crippen LogP contribution in [0.4, 0.5) is 11.9 Å². The Labute approximate surface area is 118 Å². The van der Waals surface area contributed by atoms with Crippen LogP contribution in [0.1, 0.15) is 6.42 Å². The van der Waals surface area contributed by atoms with Gasteiger partial charge in [-0.2, -0.15) is 15.0 Å². The third kappa shape index (κ3) is 5.95. The Morgan fingerprint density at radius 1 is 1.10 bits per heavy atom. The van der Waals surface area contributed by atoms with Gasteiger partial charge in [0.1, 0.15) is 0 Å². The molecule has 0 fully saturated rings. The summed E-state index contributed by atoms with van der Waals surface area (Å²) in [6.07, 6.45) is 0.734. The lowest BCUT2D eigenvalue weighted by molar-refractivity contribution is 0.0639. The fourth-order valence-corrected chi connectivity index (χ4v) is 1.24. The molecule has 1 heterocycles. The molecular weight excluding hydrogens is 264 g/mol. The van der Waals surface area contributed by atoms with E-state index in [1.54, 1.807) is 12.0 Å². The smallest absolute Gasteiger partial charge is 0.323 e. The first-order valence-electron chi connectivity index (χ1n) is 6.27. The van der Waals surface area contributed by atoms with Gasteiger partial charge in [0.2, 0.25) is 11.9 Å². The van der Waals surface area contributed by atoms with Gasteiger partial charge in [0.25, 0.3) is 0 Å². The van der Waals surface area contributed by atoms with Crippen LogP contribution < -0.4 is 20.9 Å². The van der Waals surface area contributed by atoms with Crippen LogP contribution in [0, 0.1) is 0 Å². The predicted molar refractivity (Wildman–Crippen MR) is 74.8 cm³/mol. The molecule has 0 radical (unpaired) electrons. The largest absolute Gasteiger partial charge is 0.463 e. The standard InChI is InChI=1S/C11H22N6O3/c1-17(2)10-13-9(16-12)14-11(15-10)20-6-4-5-19-8-7-18-3/h4-8,12H2,1-3H3,(H,13,14,15,16). The highest BCUT2D eigenvalue weighted by Crippen LogP contribution is 2.12. The maximum Gasteiger partial charge on any atom is 0.323 e. The summed E-state index contributed by atoms with van der Waals surface area (Å²) in [5.41, 5.74) is 2.38. The summed E-state index contributed by atoms with van der Waals surface area (Å²) in [5.74, 6) is 6.03. The van der Waals surface area contributed by atoms with Gasteiger partial charge in [-0.25, -0.2) is 5.84 Å². The summed E-state index contributed by atoms with van der Waals surface area (Å²) in [5, 5.41) is 0. The molecule has 0 aliphatic heterocycles. The number of nitrogen functional groups attached to an aromatic ring is 1. The Kier molecular flexibility index (Phi) is 7.55. The SMILES string of the molecule is COCCOCCCOc1nc(NN)nc(N(C)C)n1. The number of ether oxygens (including phenoxy) is 3. The van der Waals surface area contributed by atoms with Gasteiger partial charge < -0.3 is 19.1 Å². The third-order valence-electron chi connectivity index (χ3n) is 2.23. The van der Waals surface area contributed by atoms with Crippen molar-refractivity contribution in [3.63, 3.8) is 0 Å². The van der Waals surface area contributed by atoms with Crippen molar-refractivity contribution in [2.24, 2.45) is 5.84 Å². The molecular formula is C11H22N6O3. The van der Waals surface area contributed by atoms with Crippen molar-refractivity contribution in [2.75, 3.05) is 58.0 Å². The maximum atomic E-state index is 5.45. The van der Waals surface area contributed by atoms with Crippen LogP contribution in [0.25, 0.3) is 0 Å². The van der Waals surface area contributed by atoms with Gasteiger partial charge in [0, 0.05) is 34.2 Å². The number of hydrazine groups is 1. The Bertz CT molecular complexity index is 390. The molecule has 0 bridgehead atoms. The van der Waals surface area contributed by atoms with Gasteiger partial charge in [0.05, 0.1) is 19.8 Å². The highest BCUT2D eigenvalue weighted by molar-refractivity contribution is 5.35. The average molecular weight is 286 g/mol. The lowest BCUT2D eigenvalue weighted by Crippen LogP contribution is -2.18. The van der Waals surface area contributed by atoms with Crippen LogP contribution in [-0.2, 0) is 9.47 Å². The van der Waals surface area contributed by atoms with E-state index >= 15 is 0 Å². The van der Waals surface area contributed by atoms with Crippen molar-refractivity contribution in [1.29, 1.82) is 0 Å². The molecule has 0 aliphatic carbocycles. The summed E-state index contributed by atoms with van der Waals surface area (Å²) >= 11 is 0. The first-order valence-corrected chi connectivity index (χ1v) is 6.27. The second-order valence-electron chi connectivity index (χ2n) is 4.09. The van der Waals surface area contributed by atoms with E-state index < -0.39 is 0 Å². The molecule has 0 amide bonds. The molecule has 114 valence electrons. The molecule has 9 heteroatoms. The monoisotopic (exact) mass is 286 g/mol. The fraction of sp³-hybridized carbons (Fsp3) is 0.727. The minimum atomic E-state index is 0.230.